The highest BCUT2D eigenvalue weighted by molar-refractivity contribution is 7.22. The number of rotatable bonds is 15. The monoisotopic (exact) mass is 982 g/mol. The molecule has 2 saturated heterocycles. The van der Waals surface area contributed by atoms with Crippen LogP contribution in [-0.2, 0) is 16.1 Å². The van der Waals surface area contributed by atoms with Crippen LogP contribution in [0.15, 0.2) is 54.6 Å². The van der Waals surface area contributed by atoms with Gasteiger partial charge in [0.15, 0.2) is 16.9 Å². The molecule has 0 amide bonds. The number of alkyl halides is 6. The summed E-state index contributed by atoms with van der Waals surface area (Å²) in [6.45, 7) is 12.0. The van der Waals surface area contributed by atoms with E-state index in [1.54, 1.807) is 12.1 Å². The second kappa shape index (κ2) is 24.0. The van der Waals surface area contributed by atoms with Crippen molar-refractivity contribution in [2.45, 2.75) is 90.6 Å². The van der Waals surface area contributed by atoms with Crippen LogP contribution in [0.3, 0.4) is 0 Å². The van der Waals surface area contributed by atoms with Crippen molar-refractivity contribution in [2.24, 2.45) is 0 Å². The van der Waals surface area contributed by atoms with E-state index in [4.69, 9.17) is 9.72 Å². The van der Waals surface area contributed by atoms with E-state index in [9.17, 15) is 31.1 Å². The summed E-state index contributed by atoms with van der Waals surface area (Å²) in [6, 6.07) is 15.2. The molecular formula is C43H54Cl2F6N6O5S2. The van der Waals surface area contributed by atoms with Crippen molar-refractivity contribution in [1.29, 1.82) is 0 Å². The zero-order valence-electron chi connectivity index (χ0n) is 35.9. The van der Waals surface area contributed by atoms with Crippen molar-refractivity contribution in [3.63, 3.8) is 0 Å². The highest BCUT2D eigenvalue weighted by Crippen LogP contribution is 2.37. The second-order valence-corrected chi connectivity index (χ2v) is 17.3. The molecule has 2 aromatic heterocycles. The predicted molar refractivity (Wildman–Crippen MR) is 245 cm³/mol. The van der Waals surface area contributed by atoms with E-state index in [0.29, 0.717) is 32.2 Å². The van der Waals surface area contributed by atoms with Crippen molar-refractivity contribution in [1.82, 2.24) is 20.2 Å². The van der Waals surface area contributed by atoms with Gasteiger partial charge in [-0.15, -0.1) is 51.2 Å². The number of carbonyl (C=O) groups is 1. The van der Waals surface area contributed by atoms with Gasteiger partial charge >= 0.3 is 18.7 Å². The minimum atomic E-state index is -4.73. The van der Waals surface area contributed by atoms with Gasteiger partial charge in [-0.3, -0.25) is 4.90 Å². The molecule has 2 fully saturated rings. The Morgan fingerprint density at radius 3 is 1.88 bits per heavy atom. The molecule has 2 atom stereocenters. The first-order valence-electron chi connectivity index (χ1n) is 20.7. The quantitative estimate of drug-likeness (QED) is 0.0801. The van der Waals surface area contributed by atoms with Crippen molar-refractivity contribution >= 4 is 84.2 Å². The summed E-state index contributed by atoms with van der Waals surface area (Å²) in [6.07, 6.45) is -2.89. The van der Waals surface area contributed by atoms with E-state index in [-0.39, 0.29) is 49.0 Å². The Bertz CT molecular complexity index is 2250. The van der Waals surface area contributed by atoms with Crippen LogP contribution in [0.2, 0.25) is 0 Å². The lowest BCUT2D eigenvalue weighted by atomic mass is 10.0. The van der Waals surface area contributed by atoms with E-state index < -0.39 is 18.7 Å². The van der Waals surface area contributed by atoms with Gasteiger partial charge in [-0.1, -0.05) is 68.3 Å². The molecule has 0 spiro atoms. The van der Waals surface area contributed by atoms with E-state index in [1.165, 1.54) is 54.0 Å². The summed E-state index contributed by atoms with van der Waals surface area (Å²) in [5.74, 6) is -0.231. The molecule has 0 unspecified atom stereocenters. The molecule has 21 heteroatoms. The predicted octanol–water partition coefficient (Wildman–Crippen LogP) is 10.9. The number of benzene rings is 3. The summed E-state index contributed by atoms with van der Waals surface area (Å²) in [5.41, 5.74) is 3.52. The largest absolute Gasteiger partial charge is 0.573 e. The van der Waals surface area contributed by atoms with Gasteiger partial charge in [0.1, 0.15) is 17.2 Å². The Morgan fingerprint density at radius 2 is 1.33 bits per heavy atom. The molecule has 0 saturated carbocycles. The standard InChI is InChI=1S/C27H32F3N3O4S.C16H20F3N3OS.2ClH/c1-4-5-6-20-16-32(15-19-11-18(2)12-22(13-19)36-17-25(34)35-3)9-10-33(20)26-31-23-8-7-21(14-24(23)38-26)37-27(28,29)30;1-2-3-4-11-10-20-7-8-22(11)15-21-13-6-5-12(9-14(13)24-15)23-16(17,18)19;;/h7-8,11-14,20H,4-6,9-10,15-17H2,1-3H3;5-6,9,11,20H,2-4,7-8,10H2,1H3;2*1H/t20-;11-;;/m11../s1. The van der Waals surface area contributed by atoms with Gasteiger partial charge in [0, 0.05) is 70.0 Å². The van der Waals surface area contributed by atoms with E-state index in [1.807, 2.05) is 19.1 Å². The lowest BCUT2D eigenvalue weighted by molar-refractivity contribution is -0.275. The molecule has 0 radical (unpaired) electrons. The van der Waals surface area contributed by atoms with Crippen LogP contribution in [0.25, 0.3) is 20.4 Å². The fraction of sp³-hybridized carbons (Fsp3) is 0.512. The first-order valence-corrected chi connectivity index (χ1v) is 22.3. The Labute approximate surface area is 389 Å². The molecule has 7 rings (SSSR count). The van der Waals surface area contributed by atoms with Crippen molar-refractivity contribution < 1.29 is 50.1 Å². The minimum Gasteiger partial charge on any atom is -0.482 e. The number of thiazole rings is 2. The molecule has 2 aliphatic heterocycles. The third-order valence-corrected chi connectivity index (χ3v) is 12.6. The van der Waals surface area contributed by atoms with Gasteiger partial charge in [0.2, 0.25) is 0 Å². The molecule has 5 aromatic rings. The maximum atomic E-state index is 12.7. The number of halogens is 8. The molecule has 3 aromatic carbocycles. The Morgan fingerprint density at radius 1 is 0.766 bits per heavy atom. The number of hydrogen-bond acceptors (Lipinski definition) is 13. The maximum absolute atomic E-state index is 12.7. The molecule has 0 bridgehead atoms. The first-order chi connectivity index (χ1) is 29.6. The number of fused-ring (bicyclic) bond motifs is 2. The number of piperazine rings is 2. The van der Waals surface area contributed by atoms with Crippen LogP contribution in [0.5, 0.6) is 17.2 Å². The topological polar surface area (TPSA) is 102 Å². The molecule has 0 aliphatic carbocycles. The van der Waals surface area contributed by atoms with Crippen LogP contribution < -0.4 is 29.3 Å². The van der Waals surface area contributed by atoms with E-state index >= 15 is 0 Å². The van der Waals surface area contributed by atoms with Gasteiger partial charge in [-0.05, 0) is 67.3 Å². The molecule has 11 nitrogen and oxygen atoms in total. The van der Waals surface area contributed by atoms with Crippen molar-refractivity contribution in [3.8, 4) is 17.2 Å². The number of carbonyl (C=O) groups excluding carboxylic acids is 1. The summed E-state index contributed by atoms with van der Waals surface area (Å²) < 4.78 is 94.8. The van der Waals surface area contributed by atoms with Gasteiger partial charge in [-0.2, -0.15) is 0 Å². The normalized spacial score (nSPS) is 17.0. The number of unbranched alkanes of at least 4 members (excludes halogenated alkanes) is 2. The highest BCUT2D eigenvalue weighted by Gasteiger charge is 2.33. The fourth-order valence-electron chi connectivity index (χ4n) is 7.60. The average Bonchev–Trinajstić information content (AvgIpc) is 3.84. The Kier molecular flexibility index (Phi) is 19.7. The zero-order chi connectivity index (χ0) is 44.4. The summed E-state index contributed by atoms with van der Waals surface area (Å²) >= 11 is 2.82. The molecule has 4 heterocycles. The third kappa shape index (κ3) is 15.3. The number of anilines is 2. The number of esters is 1. The van der Waals surface area contributed by atoms with E-state index in [0.717, 1.165) is 106 Å². The number of aromatic nitrogens is 2. The van der Waals surface area contributed by atoms with Crippen molar-refractivity contribution in [3.05, 3.63) is 65.7 Å². The number of ether oxygens (including phenoxy) is 4. The van der Waals surface area contributed by atoms with Crippen LogP contribution in [-0.4, -0.2) is 98.6 Å². The Balaban J connectivity index is 0.000000298. The zero-order valence-corrected chi connectivity index (χ0v) is 39.2. The number of aryl methyl sites for hydroxylation is 1. The van der Waals surface area contributed by atoms with Gasteiger partial charge in [0.25, 0.3) is 0 Å². The van der Waals surface area contributed by atoms with Crippen LogP contribution in [0.1, 0.15) is 63.5 Å². The van der Waals surface area contributed by atoms with E-state index in [2.05, 4.69) is 59.1 Å². The van der Waals surface area contributed by atoms with Gasteiger partial charge in [0.05, 0.1) is 27.5 Å². The molecule has 1 N–H and O–H groups in total. The molecule has 2 aliphatic rings. The SMILES string of the molecule is CCCC[C@@H]1CN(Cc2cc(C)cc(OCC(=O)OC)c2)CCN1c1nc2ccc(OC(F)(F)F)cc2s1.CCCC[C@@H]1CNCCN1c1nc2ccc(OC(F)(F)F)cc2s1.Cl.Cl. The third-order valence-electron chi connectivity index (χ3n) is 10.5. The number of nitrogens with one attached hydrogen (secondary N) is 1. The molecular weight excluding hydrogens is 930 g/mol. The number of methoxy groups -OCH3 is 1. The summed E-state index contributed by atoms with van der Waals surface area (Å²) in [7, 11) is 1.33. The van der Waals surface area contributed by atoms with Crippen LogP contribution in [0.4, 0.5) is 36.6 Å². The number of nitrogens with zero attached hydrogens (tertiary/aromatic N) is 5. The first kappa shape index (κ1) is 52.6. The lowest BCUT2D eigenvalue weighted by Crippen LogP contribution is -2.53. The molecule has 354 valence electrons. The van der Waals surface area contributed by atoms with Crippen LogP contribution in [0, 0.1) is 6.92 Å². The Hall–Kier alpha value is -4.01. The maximum Gasteiger partial charge on any atom is 0.573 e. The summed E-state index contributed by atoms with van der Waals surface area (Å²) in [5, 5.41) is 5.09. The number of hydrogen-bond donors (Lipinski definition) is 1. The fourth-order valence-corrected chi connectivity index (χ4v) is 9.78. The van der Waals surface area contributed by atoms with Gasteiger partial charge in [-0.25, -0.2) is 14.8 Å². The smallest absolute Gasteiger partial charge is 0.482 e. The van der Waals surface area contributed by atoms with Gasteiger partial charge < -0.3 is 34.1 Å². The van der Waals surface area contributed by atoms with Crippen LogP contribution >= 0.6 is 47.5 Å². The van der Waals surface area contributed by atoms with Crippen molar-refractivity contribution in [2.75, 3.05) is 62.8 Å². The highest BCUT2D eigenvalue weighted by atomic mass is 35.5. The summed E-state index contributed by atoms with van der Waals surface area (Å²) in [4.78, 5) is 27.8. The average molecular weight is 984 g/mol. The molecule has 64 heavy (non-hydrogen) atoms. The second-order valence-electron chi connectivity index (χ2n) is 15.3. The lowest BCUT2D eigenvalue weighted by Gasteiger charge is -2.41. The minimum absolute atomic E-state index is 0.